The summed E-state index contributed by atoms with van der Waals surface area (Å²) in [5, 5.41) is 3.19. The van der Waals surface area contributed by atoms with Crippen LogP contribution >= 0.6 is 0 Å². The van der Waals surface area contributed by atoms with Crippen LogP contribution in [-0.2, 0) is 4.74 Å². The van der Waals surface area contributed by atoms with Crippen molar-refractivity contribution < 1.29 is 4.74 Å². The molecule has 0 bridgehead atoms. The fourth-order valence-electron chi connectivity index (χ4n) is 1.24. The van der Waals surface area contributed by atoms with Crippen molar-refractivity contribution in [1.82, 2.24) is 9.97 Å². The maximum Gasteiger partial charge on any atom is 0.129 e. The summed E-state index contributed by atoms with van der Waals surface area (Å²) in [6.45, 7) is 3.24. The molecule has 0 saturated carbocycles. The molecule has 1 unspecified atom stereocenters. The van der Waals surface area contributed by atoms with E-state index < -0.39 is 0 Å². The lowest BCUT2D eigenvalue weighted by molar-refractivity contribution is 0.178. The van der Waals surface area contributed by atoms with Gasteiger partial charge < -0.3 is 15.8 Å². The zero-order chi connectivity index (χ0) is 11.1. The minimum atomic E-state index is 0.0745. The van der Waals surface area contributed by atoms with Crippen molar-refractivity contribution in [3.8, 4) is 0 Å². The first kappa shape index (κ1) is 11.9. The first-order valence-electron chi connectivity index (χ1n) is 5.00. The standard InChI is InChI=1S/C10H18N4O/c1-8-12-6-4-10(14-8)13-5-3-9(11)7-15-2/h4,6,9H,3,5,7,11H2,1-2H3,(H,12,13,14). The van der Waals surface area contributed by atoms with Gasteiger partial charge in [-0.25, -0.2) is 9.97 Å². The van der Waals surface area contributed by atoms with Crippen LogP contribution in [-0.4, -0.2) is 36.3 Å². The number of nitrogens with two attached hydrogens (primary N) is 1. The monoisotopic (exact) mass is 210 g/mol. The van der Waals surface area contributed by atoms with E-state index in [4.69, 9.17) is 10.5 Å². The quantitative estimate of drug-likeness (QED) is 0.717. The smallest absolute Gasteiger partial charge is 0.129 e. The highest BCUT2D eigenvalue weighted by Crippen LogP contribution is 2.01. The average Bonchev–Trinajstić information content (AvgIpc) is 2.18. The van der Waals surface area contributed by atoms with Gasteiger partial charge in [0.2, 0.25) is 0 Å². The Morgan fingerprint density at radius 1 is 1.60 bits per heavy atom. The average molecular weight is 210 g/mol. The predicted octanol–water partition coefficient (Wildman–Crippen LogP) is 0.561. The van der Waals surface area contributed by atoms with E-state index in [2.05, 4.69) is 15.3 Å². The Labute approximate surface area is 90.1 Å². The molecule has 0 aliphatic carbocycles. The molecule has 0 radical (unpaired) electrons. The van der Waals surface area contributed by atoms with Crippen molar-refractivity contribution in [2.24, 2.45) is 5.73 Å². The molecule has 84 valence electrons. The molecule has 5 nitrogen and oxygen atoms in total. The van der Waals surface area contributed by atoms with Gasteiger partial charge in [-0.1, -0.05) is 0 Å². The first-order valence-corrected chi connectivity index (χ1v) is 5.00. The molecule has 3 N–H and O–H groups in total. The number of aromatic nitrogens is 2. The van der Waals surface area contributed by atoms with E-state index in [-0.39, 0.29) is 6.04 Å². The van der Waals surface area contributed by atoms with E-state index in [1.807, 2.05) is 13.0 Å². The second-order valence-electron chi connectivity index (χ2n) is 3.42. The Hall–Kier alpha value is -1.20. The largest absolute Gasteiger partial charge is 0.383 e. The Kier molecular flexibility index (Phi) is 5.00. The molecule has 0 fully saturated rings. The van der Waals surface area contributed by atoms with Crippen molar-refractivity contribution in [1.29, 1.82) is 0 Å². The molecular formula is C10H18N4O. The van der Waals surface area contributed by atoms with Gasteiger partial charge >= 0.3 is 0 Å². The van der Waals surface area contributed by atoms with Crippen molar-refractivity contribution in [2.75, 3.05) is 25.6 Å². The zero-order valence-electron chi connectivity index (χ0n) is 9.23. The van der Waals surface area contributed by atoms with E-state index in [0.29, 0.717) is 6.61 Å². The summed E-state index contributed by atoms with van der Waals surface area (Å²) in [5.74, 6) is 1.60. The van der Waals surface area contributed by atoms with Crippen molar-refractivity contribution in [2.45, 2.75) is 19.4 Å². The van der Waals surface area contributed by atoms with Crippen LogP contribution in [0.1, 0.15) is 12.2 Å². The summed E-state index contributed by atoms with van der Waals surface area (Å²) in [5.41, 5.74) is 5.78. The van der Waals surface area contributed by atoms with Crippen LogP contribution in [0.15, 0.2) is 12.3 Å². The lowest BCUT2D eigenvalue weighted by Gasteiger charge is -2.11. The van der Waals surface area contributed by atoms with Gasteiger partial charge in [0.05, 0.1) is 6.61 Å². The van der Waals surface area contributed by atoms with Crippen LogP contribution in [0.3, 0.4) is 0 Å². The molecular weight excluding hydrogens is 192 g/mol. The second-order valence-corrected chi connectivity index (χ2v) is 3.42. The summed E-state index contributed by atoms with van der Waals surface area (Å²) in [6, 6.07) is 1.92. The fraction of sp³-hybridized carbons (Fsp3) is 0.600. The van der Waals surface area contributed by atoms with Gasteiger partial charge in [0, 0.05) is 25.9 Å². The molecule has 0 aromatic carbocycles. The third-order valence-corrected chi connectivity index (χ3v) is 1.98. The molecule has 1 aromatic rings. The fourth-order valence-corrected chi connectivity index (χ4v) is 1.24. The third kappa shape index (κ3) is 4.71. The predicted molar refractivity (Wildman–Crippen MR) is 59.7 cm³/mol. The van der Waals surface area contributed by atoms with Crippen LogP contribution < -0.4 is 11.1 Å². The zero-order valence-corrected chi connectivity index (χ0v) is 9.23. The van der Waals surface area contributed by atoms with Gasteiger partial charge in [0.25, 0.3) is 0 Å². The summed E-state index contributed by atoms with van der Waals surface area (Å²) >= 11 is 0. The minimum absolute atomic E-state index is 0.0745. The highest BCUT2D eigenvalue weighted by atomic mass is 16.5. The SMILES string of the molecule is COCC(N)CCNc1ccnc(C)n1. The second kappa shape index (κ2) is 6.31. The van der Waals surface area contributed by atoms with E-state index >= 15 is 0 Å². The lowest BCUT2D eigenvalue weighted by Crippen LogP contribution is -2.28. The van der Waals surface area contributed by atoms with Crippen LogP contribution in [0.4, 0.5) is 5.82 Å². The van der Waals surface area contributed by atoms with E-state index in [1.54, 1.807) is 13.3 Å². The van der Waals surface area contributed by atoms with E-state index in [0.717, 1.165) is 24.6 Å². The normalized spacial score (nSPS) is 12.5. The number of rotatable bonds is 6. The van der Waals surface area contributed by atoms with Crippen LogP contribution in [0.25, 0.3) is 0 Å². The molecule has 0 spiro atoms. The maximum atomic E-state index is 5.78. The Morgan fingerprint density at radius 2 is 2.40 bits per heavy atom. The summed E-state index contributed by atoms with van der Waals surface area (Å²) in [4.78, 5) is 8.24. The van der Waals surface area contributed by atoms with E-state index in [1.165, 1.54) is 0 Å². The molecule has 1 rings (SSSR count). The lowest BCUT2D eigenvalue weighted by atomic mass is 10.2. The molecule has 0 aliphatic rings. The molecule has 5 heteroatoms. The number of methoxy groups -OCH3 is 1. The first-order chi connectivity index (χ1) is 7.22. The van der Waals surface area contributed by atoms with Crippen LogP contribution in [0.2, 0.25) is 0 Å². The number of nitrogens with one attached hydrogen (secondary N) is 1. The molecule has 0 saturated heterocycles. The van der Waals surface area contributed by atoms with Gasteiger partial charge in [0.1, 0.15) is 11.6 Å². The Bertz CT molecular complexity index is 293. The van der Waals surface area contributed by atoms with Crippen molar-refractivity contribution in [3.63, 3.8) is 0 Å². The summed E-state index contributed by atoms with van der Waals surface area (Å²) < 4.78 is 4.95. The number of hydrogen-bond donors (Lipinski definition) is 2. The van der Waals surface area contributed by atoms with Gasteiger partial charge in [-0.3, -0.25) is 0 Å². The summed E-state index contributed by atoms with van der Waals surface area (Å²) in [7, 11) is 1.65. The molecule has 1 atom stereocenters. The minimum Gasteiger partial charge on any atom is -0.383 e. The maximum absolute atomic E-state index is 5.78. The highest BCUT2D eigenvalue weighted by molar-refractivity contribution is 5.32. The van der Waals surface area contributed by atoms with Gasteiger partial charge in [-0.05, 0) is 19.4 Å². The van der Waals surface area contributed by atoms with Crippen molar-refractivity contribution in [3.05, 3.63) is 18.1 Å². The van der Waals surface area contributed by atoms with Gasteiger partial charge in [0.15, 0.2) is 0 Å². The number of anilines is 1. The van der Waals surface area contributed by atoms with Gasteiger partial charge in [-0.15, -0.1) is 0 Å². The molecule has 0 aliphatic heterocycles. The number of nitrogens with zero attached hydrogens (tertiary/aromatic N) is 2. The number of ether oxygens (including phenoxy) is 1. The summed E-state index contributed by atoms with van der Waals surface area (Å²) in [6.07, 6.45) is 2.59. The van der Waals surface area contributed by atoms with E-state index in [9.17, 15) is 0 Å². The topological polar surface area (TPSA) is 73.1 Å². The van der Waals surface area contributed by atoms with Gasteiger partial charge in [-0.2, -0.15) is 0 Å². The molecule has 1 heterocycles. The number of hydrogen-bond acceptors (Lipinski definition) is 5. The Balaban J connectivity index is 2.25. The van der Waals surface area contributed by atoms with Crippen LogP contribution in [0.5, 0.6) is 0 Å². The Morgan fingerprint density at radius 3 is 3.07 bits per heavy atom. The third-order valence-electron chi connectivity index (χ3n) is 1.98. The van der Waals surface area contributed by atoms with Crippen molar-refractivity contribution >= 4 is 5.82 Å². The highest BCUT2D eigenvalue weighted by Gasteiger charge is 2.01. The molecule has 0 amide bonds. The number of aryl methyl sites for hydroxylation is 1. The molecule has 15 heavy (non-hydrogen) atoms. The van der Waals surface area contributed by atoms with Crippen LogP contribution in [0, 0.1) is 6.92 Å². The molecule has 1 aromatic heterocycles.